The van der Waals surface area contributed by atoms with Crippen molar-refractivity contribution in [2.45, 2.75) is 37.8 Å². The van der Waals surface area contributed by atoms with Crippen molar-refractivity contribution in [1.29, 1.82) is 0 Å². The monoisotopic (exact) mass is 250 g/mol. The molecule has 5 heteroatoms. The van der Waals surface area contributed by atoms with E-state index in [0.717, 1.165) is 25.7 Å². The number of carbonyl (C=O) groups is 1. The molecular weight excluding hydrogens is 232 g/mol. The van der Waals surface area contributed by atoms with Crippen LogP contribution in [0.5, 0.6) is 0 Å². The molecule has 1 saturated carbocycles. The lowest BCUT2D eigenvalue weighted by Crippen LogP contribution is -2.28. The lowest BCUT2D eigenvalue weighted by molar-refractivity contribution is 0.0600. The number of hydrogen-bond acceptors (Lipinski definition) is 5. The van der Waals surface area contributed by atoms with Crippen LogP contribution in [-0.2, 0) is 4.74 Å². The number of rotatable bonds is 3. The van der Waals surface area contributed by atoms with Crippen LogP contribution in [0.2, 0.25) is 0 Å². The van der Waals surface area contributed by atoms with E-state index in [9.17, 15) is 9.90 Å². The van der Waals surface area contributed by atoms with E-state index < -0.39 is 0 Å². The highest BCUT2D eigenvalue weighted by molar-refractivity contribution is 5.89. The van der Waals surface area contributed by atoms with Gasteiger partial charge < -0.3 is 15.2 Å². The fraction of sp³-hybridized carbons (Fsp3) is 0.538. The highest BCUT2D eigenvalue weighted by atomic mass is 16.5. The number of hydrogen-bond donors (Lipinski definition) is 2. The van der Waals surface area contributed by atoms with Crippen molar-refractivity contribution in [2.24, 2.45) is 0 Å². The molecule has 0 bridgehead atoms. The third-order valence-corrected chi connectivity index (χ3v) is 3.23. The number of carbonyl (C=O) groups excluding carboxylic acids is 1. The zero-order valence-electron chi connectivity index (χ0n) is 10.4. The van der Waals surface area contributed by atoms with E-state index in [1.54, 1.807) is 18.3 Å². The summed E-state index contributed by atoms with van der Waals surface area (Å²) in [7, 11) is 1.36. The summed E-state index contributed by atoms with van der Waals surface area (Å²) in [6.45, 7) is 0. The zero-order chi connectivity index (χ0) is 13.0. The lowest BCUT2D eigenvalue weighted by atomic mass is 9.93. The van der Waals surface area contributed by atoms with Gasteiger partial charge >= 0.3 is 5.97 Å². The highest BCUT2D eigenvalue weighted by Gasteiger charge is 2.19. The summed E-state index contributed by atoms with van der Waals surface area (Å²) >= 11 is 0. The van der Waals surface area contributed by atoms with Crippen LogP contribution in [-0.4, -0.2) is 35.3 Å². The molecule has 0 spiro atoms. The summed E-state index contributed by atoms with van der Waals surface area (Å²) in [6.07, 6.45) is 4.89. The SMILES string of the molecule is COC(=O)c1ccnc(NC2CCC(O)CC2)c1. The molecule has 0 atom stereocenters. The van der Waals surface area contributed by atoms with Crippen molar-refractivity contribution in [3.8, 4) is 0 Å². The Morgan fingerprint density at radius 1 is 1.44 bits per heavy atom. The number of nitrogens with one attached hydrogen (secondary N) is 1. The summed E-state index contributed by atoms with van der Waals surface area (Å²) in [5, 5.41) is 12.7. The third-order valence-electron chi connectivity index (χ3n) is 3.23. The van der Waals surface area contributed by atoms with Gasteiger partial charge in [-0.1, -0.05) is 0 Å². The molecule has 1 heterocycles. The van der Waals surface area contributed by atoms with E-state index in [-0.39, 0.29) is 12.1 Å². The molecule has 1 aliphatic carbocycles. The molecule has 0 radical (unpaired) electrons. The van der Waals surface area contributed by atoms with Crippen LogP contribution in [0.3, 0.4) is 0 Å². The minimum Gasteiger partial charge on any atom is -0.465 e. The predicted octanol–water partition coefficient (Wildman–Crippen LogP) is 1.58. The number of aromatic nitrogens is 1. The average molecular weight is 250 g/mol. The molecule has 2 N–H and O–H groups in total. The minimum absolute atomic E-state index is 0.169. The molecule has 98 valence electrons. The molecular formula is C13H18N2O3. The number of aliphatic hydroxyl groups excluding tert-OH is 1. The molecule has 1 fully saturated rings. The fourth-order valence-electron chi connectivity index (χ4n) is 2.18. The Labute approximate surface area is 106 Å². The van der Waals surface area contributed by atoms with Gasteiger partial charge in [0.1, 0.15) is 5.82 Å². The summed E-state index contributed by atoms with van der Waals surface area (Å²) in [6, 6.07) is 3.63. The Kier molecular flexibility index (Phi) is 4.15. The van der Waals surface area contributed by atoms with Crippen molar-refractivity contribution in [2.75, 3.05) is 12.4 Å². The minimum atomic E-state index is -0.362. The van der Waals surface area contributed by atoms with E-state index in [0.29, 0.717) is 17.4 Å². The van der Waals surface area contributed by atoms with E-state index in [2.05, 4.69) is 15.0 Å². The van der Waals surface area contributed by atoms with Crippen molar-refractivity contribution in [1.82, 2.24) is 4.98 Å². The van der Waals surface area contributed by atoms with Gasteiger partial charge in [0.2, 0.25) is 0 Å². The molecule has 1 aromatic heterocycles. The quantitative estimate of drug-likeness (QED) is 0.797. The molecule has 1 aromatic rings. The van der Waals surface area contributed by atoms with Crippen molar-refractivity contribution in [3.63, 3.8) is 0 Å². The predicted molar refractivity (Wildman–Crippen MR) is 67.5 cm³/mol. The number of pyridine rings is 1. The van der Waals surface area contributed by atoms with Gasteiger partial charge in [-0.15, -0.1) is 0 Å². The Hall–Kier alpha value is -1.62. The second-order valence-electron chi connectivity index (χ2n) is 4.57. The van der Waals surface area contributed by atoms with Crippen LogP contribution in [0.25, 0.3) is 0 Å². The van der Waals surface area contributed by atoms with E-state index >= 15 is 0 Å². The highest BCUT2D eigenvalue weighted by Crippen LogP contribution is 2.21. The maximum Gasteiger partial charge on any atom is 0.338 e. The second-order valence-corrected chi connectivity index (χ2v) is 4.57. The Balaban J connectivity index is 1.99. The molecule has 2 rings (SSSR count). The first kappa shape index (κ1) is 12.8. The number of esters is 1. The smallest absolute Gasteiger partial charge is 0.338 e. The lowest BCUT2D eigenvalue weighted by Gasteiger charge is -2.26. The molecule has 0 saturated heterocycles. The normalized spacial score (nSPS) is 23.4. The first-order valence-electron chi connectivity index (χ1n) is 6.18. The summed E-state index contributed by atoms with van der Waals surface area (Å²) in [4.78, 5) is 15.6. The van der Waals surface area contributed by atoms with Gasteiger partial charge in [-0.25, -0.2) is 9.78 Å². The van der Waals surface area contributed by atoms with Gasteiger partial charge in [-0.05, 0) is 37.8 Å². The van der Waals surface area contributed by atoms with Gasteiger partial charge in [-0.2, -0.15) is 0 Å². The maximum absolute atomic E-state index is 11.4. The van der Waals surface area contributed by atoms with Gasteiger partial charge in [-0.3, -0.25) is 0 Å². The van der Waals surface area contributed by atoms with Gasteiger partial charge in [0, 0.05) is 12.2 Å². The van der Waals surface area contributed by atoms with Crippen LogP contribution in [0.15, 0.2) is 18.3 Å². The summed E-state index contributed by atoms with van der Waals surface area (Å²) in [5.41, 5.74) is 0.492. The molecule has 0 amide bonds. The summed E-state index contributed by atoms with van der Waals surface area (Å²) < 4.78 is 4.67. The van der Waals surface area contributed by atoms with Crippen LogP contribution < -0.4 is 5.32 Å². The van der Waals surface area contributed by atoms with Crippen LogP contribution in [0.1, 0.15) is 36.0 Å². The molecule has 18 heavy (non-hydrogen) atoms. The number of ether oxygens (including phenoxy) is 1. The van der Waals surface area contributed by atoms with Crippen molar-refractivity contribution in [3.05, 3.63) is 23.9 Å². The van der Waals surface area contributed by atoms with Gasteiger partial charge in [0.05, 0.1) is 18.8 Å². The summed E-state index contributed by atoms with van der Waals surface area (Å²) in [5.74, 6) is 0.318. The largest absolute Gasteiger partial charge is 0.465 e. The molecule has 0 aliphatic heterocycles. The van der Waals surface area contributed by atoms with Crippen molar-refractivity contribution >= 4 is 11.8 Å². The topological polar surface area (TPSA) is 71.5 Å². The number of methoxy groups -OCH3 is 1. The standard InChI is InChI=1S/C13H18N2O3/c1-18-13(17)9-6-7-14-12(8-9)15-10-2-4-11(16)5-3-10/h6-8,10-11,16H,2-5H2,1H3,(H,14,15). The van der Waals surface area contributed by atoms with E-state index in [4.69, 9.17) is 0 Å². The average Bonchev–Trinajstić information content (AvgIpc) is 2.41. The first-order chi connectivity index (χ1) is 8.69. The number of aliphatic hydroxyl groups is 1. The Morgan fingerprint density at radius 2 is 2.17 bits per heavy atom. The maximum atomic E-state index is 11.4. The van der Waals surface area contributed by atoms with Crippen LogP contribution >= 0.6 is 0 Å². The Morgan fingerprint density at radius 3 is 2.83 bits per heavy atom. The molecule has 1 aliphatic rings. The zero-order valence-corrected chi connectivity index (χ0v) is 10.4. The van der Waals surface area contributed by atoms with Crippen molar-refractivity contribution < 1.29 is 14.6 Å². The van der Waals surface area contributed by atoms with E-state index in [1.165, 1.54) is 7.11 Å². The number of nitrogens with zero attached hydrogens (tertiary/aromatic N) is 1. The fourth-order valence-corrected chi connectivity index (χ4v) is 2.18. The van der Waals surface area contributed by atoms with Gasteiger partial charge in [0.15, 0.2) is 0 Å². The third kappa shape index (κ3) is 3.20. The second kappa shape index (κ2) is 5.82. The van der Waals surface area contributed by atoms with Crippen LogP contribution in [0, 0.1) is 0 Å². The molecule has 0 aromatic carbocycles. The van der Waals surface area contributed by atoms with E-state index in [1.807, 2.05) is 0 Å². The molecule has 0 unspecified atom stereocenters. The molecule has 5 nitrogen and oxygen atoms in total. The van der Waals surface area contributed by atoms with Crippen LogP contribution in [0.4, 0.5) is 5.82 Å². The Bertz CT molecular complexity index is 414. The first-order valence-corrected chi connectivity index (χ1v) is 6.18. The number of anilines is 1. The van der Waals surface area contributed by atoms with Gasteiger partial charge in [0.25, 0.3) is 0 Å².